The van der Waals surface area contributed by atoms with E-state index in [2.05, 4.69) is 10.1 Å². The molecule has 0 bridgehead atoms. The van der Waals surface area contributed by atoms with E-state index >= 15 is 0 Å². The smallest absolute Gasteiger partial charge is 0.297 e. The molecule has 1 aromatic carbocycles. The van der Waals surface area contributed by atoms with Crippen molar-refractivity contribution in [1.29, 1.82) is 0 Å². The number of carbonyl (C=O) groups is 1. The van der Waals surface area contributed by atoms with Crippen LogP contribution < -0.4 is 14.3 Å². The Balaban J connectivity index is 1.80. The number of nitrogens with zero attached hydrogens (tertiary/aromatic N) is 4. The molecule has 0 aliphatic carbocycles. The van der Waals surface area contributed by atoms with Gasteiger partial charge in [0.15, 0.2) is 16.3 Å². The quantitative estimate of drug-likeness (QED) is 0.706. The number of amides is 1. The van der Waals surface area contributed by atoms with Gasteiger partial charge in [-0.15, -0.1) is 0 Å². The SMILES string of the molecule is CC(C)n1nccc1C(=O)N=c1sc2cc3c(cc2n1C)OCCO3. The Bertz CT molecular complexity index is 1030. The van der Waals surface area contributed by atoms with Gasteiger partial charge in [-0.1, -0.05) is 11.3 Å². The monoisotopic (exact) mass is 358 g/mol. The number of hydrogen-bond acceptors (Lipinski definition) is 5. The standard InChI is InChI=1S/C17H18N4O3S/c1-10(2)21-11(4-5-18-21)16(22)19-17-20(3)12-8-13-14(9-15(12)25-17)24-7-6-23-13/h4-5,8-10H,6-7H2,1-3H3. The summed E-state index contributed by atoms with van der Waals surface area (Å²) < 4.78 is 15.8. The van der Waals surface area contributed by atoms with Crippen molar-refractivity contribution in [2.75, 3.05) is 13.2 Å². The molecule has 4 rings (SSSR count). The Labute approximate surface area is 148 Å². The zero-order valence-electron chi connectivity index (χ0n) is 14.2. The molecule has 0 fully saturated rings. The van der Waals surface area contributed by atoms with E-state index in [0.29, 0.717) is 23.7 Å². The first-order valence-corrected chi connectivity index (χ1v) is 8.88. The lowest BCUT2D eigenvalue weighted by Crippen LogP contribution is -2.17. The van der Waals surface area contributed by atoms with Gasteiger partial charge in [0.05, 0.1) is 10.2 Å². The number of ether oxygens (including phenoxy) is 2. The van der Waals surface area contributed by atoms with E-state index in [1.54, 1.807) is 16.9 Å². The van der Waals surface area contributed by atoms with Gasteiger partial charge in [0.2, 0.25) is 0 Å². The van der Waals surface area contributed by atoms with Gasteiger partial charge in [0.25, 0.3) is 5.91 Å². The molecule has 0 atom stereocenters. The highest BCUT2D eigenvalue weighted by atomic mass is 32.1. The molecule has 0 radical (unpaired) electrons. The second kappa shape index (κ2) is 6.03. The minimum absolute atomic E-state index is 0.0985. The lowest BCUT2D eigenvalue weighted by atomic mass is 10.3. The normalized spacial score (nSPS) is 14.5. The van der Waals surface area contributed by atoms with E-state index in [1.807, 2.05) is 37.6 Å². The van der Waals surface area contributed by atoms with E-state index in [9.17, 15) is 4.79 Å². The molecule has 130 valence electrons. The maximum atomic E-state index is 12.6. The molecular weight excluding hydrogens is 340 g/mol. The molecule has 0 unspecified atom stereocenters. The fourth-order valence-corrected chi connectivity index (χ4v) is 3.84. The molecule has 1 amide bonds. The fraction of sp³-hybridized carbons (Fsp3) is 0.353. The minimum Gasteiger partial charge on any atom is -0.486 e. The summed E-state index contributed by atoms with van der Waals surface area (Å²) >= 11 is 1.45. The van der Waals surface area contributed by atoms with E-state index < -0.39 is 0 Å². The van der Waals surface area contributed by atoms with Crippen LogP contribution in [0.3, 0.4) is 0 Å². The van der Waals surface area contributed by atoms with Crippen LogP contribution in [0, 0.1) is 0 Å². The van der Waals surface area contributed by atoms with Gasteiger partial charge in [-0.2, -0.15) is 10.1 Å². The van der Waals surface area contributed by atoms with Crippen molar-refractivity contribution in [3.8, 4) is 11.5 Å². The number of aromatic nitrogens is 3. The van der Waals surface area contributed by atoms with Crippen molar-refractivity contribution in [2.24, 2.45) is 12.0 Å². The molecule has 25 heavy (non-hydrogen) atoms. The number of aryl methyl sites for hydroxylation is 1. The van der Waals surface area contributed by atoms with Crippen molar-refractivity contribution in [3.05, 3.63) is 34.9 Å². The highest BCUT2D eigenvalue weighted by molar-refractivity contribution is 7.16. The van der Waals surface area contributed by atoms with E-state index in [4.69, 9.17) is 9.47 Å². The molecule has 8 heteroatoms. The summed E-state index contributed by atoms with van der Waals surface area (Å²) in [6.07, 6.45) is 1.62. The fourth-order valence-electron chi connectivity index (χ4n) is 2.81. The third-order valence-corrected chi connectivity index (χ3v) is 5.14. The predicted octanol–water partition coefficient (Wildman–Crippen LogP) is 2.53. The van der Waals surface area contributed by atoms with Gasteiger partial charge < -0.3 is 14.0 Å². The van der Waals surface area contributed by atoms with Crippen LogP contribution in [0.5, 0.6) is 11.5 Å². The maximum Gasteiger partial charge on any atom is 0.297 e. The van der Waals surface area contributed by atoms with Crippen LogP contribution in [0.1, 0.15) is 30.4 Å². The van der Waals surface area contributed by atoms with Gasteiger partial charge in [-0.05, 0) is 19.9 Å². The summed E-state index contributed by atoms with van der Waals surface area (Å²) in [5.74, 6) is 1.16. The van der Waals surface area contributed by atoms with Crippen LogP contribution in [0.15, 0.2) is 29.4 Å². The first-order valence-electron chi connectivity index (χ1n) is 8.06. The van der Waals surface area contributed by atoms with E-state index in [1.165, 1.54) is 11.3 Å². The predicted molar refractivity (Wildman–Crippen MR) is 94.3 cm³/mol. The first kappa shape index (κ1) is 15.9. The van der Waals surface area contributed by atoms with Crippen molar-refractivity contribution in [2.45, 2.75) is 19.9 Å². The van der Waals surface area contributed by atoms with Gasteiger partial charge >= 0.3 is 0 Å². The molecule has 0 spiro atoms. The Morgan fingerprint density at radius 3 is 2.72 bits per heavy atom. The highest BCUT2D eigenvalue weighted by Gasteiger charge is 2.17. The van der Waals surface area contributed by atoms with Crippen LogP contribution in [0.2, 0.25) is 0 Å². The summed E-state index contributed by atoms with van der Waals surface area (Å²) in [6.45, 7) is 5.05. The third kappa shape index (κ3) is 2.72. The number of hydrogen-bond donors (Lipinski definition) is 0. The van der Waals surface area contributed by atoms with E-state index in [0.717, 1.165) is 21.7 Å². The van der Waals surface area contributed by atoms with Gasteiger partial charge in [-0.3, -0.25) is 9.48 Å². The van der Waals surface area contributed by atoms with Crippen LogP contribution in [0.25, 0.3) is 10.2 Å². The molecule has 7 nitrogen and oxygen atoms in total. The second-order valence-electron chi connectivity index (χ2n) is 6.08. The lowest BCUT2D eigenvalue weighted by molar-refractivity contribution is 0.0986. The molecule has 1 aliphatic rings. The number of rotatable bonds is 2. The molecule has 0 saturated heterocycles. The van der Waals surface area contributed by atoms with Crippen LogP contribution >= 0.6 is 11.3 Å². The zero-order chi connectivity index (χ0) is 17.6. The average Bonchev–Trinajstić information content (AvgIpc) is 3.19. The van der Waals surface area contributed by atoms with Crippen molar-refractivity contribution in [3.63, 3.8) is 0 Å². The summed E-state index contributed by atoms with van der Waals surface area (Å²) in [5, 5.41) is 4.20. The van der Waals surface area contributed by atoms with Gasteiger partial charge in [0.1, 0.15) is 18.9 Å². The Kier molecular flexibility index (Phi) is 3.84. The third-order valence-electron chi connectivity index (χ3n) is 4.05. The molecule has 2 aromatic heterocycles. The molecular formula is C17H18N4O3S. The summed E-state index contributed by atoms with van der Waals surface area (Å²) in [7, 11) is 1.89. The Hall–Kier alpha value is -2.61. The number of thiazole rings is 1. The minimum atomic E-state index is -0.300. The summed E-state index contributed by atoms with van der Waals surface area (Å²) in [5.41, 5.74) is 1.44. The molecule has 0 N–H and O–H groups in total. The number of fused-ring (bicyclic) bond motifs is 2. The maximum absolute atomic E-state index is 12.6. The lowest BCUT2D eigenvalue weighted by Gasteiger charge is -2.18. The van der Waals surface area contributed by atoms with Crippen molar-refractivity contribution < 1.29 is 14.3 Å². The van der Waals surface area contributed by atoms with Crippen LogP contribution in [-0.4, -0.2) is 33.5 Å². The zero-order valence-corrected chi connectivity index (χ0v) is 15.0. The Morgan fingerprint density at radius 2 is 2.00 bits per heavy atom. The first-order chi connectivity index (χ1) is 12.0. The Morgan fingerprint density at radius 1 is 1.28 bits per heavy atom. The molecule has 1 aliphatic heterocycles. The molecule has 3 heterocycles. The molecule has 0 saturated carbocycles. The largest absolute Gasteiger partial charge is 0.486 e. The highest BCUT2D eigenvalue weighted by Crippen LogP contribution is 2.35. The van der Waals surface area contributed by atoms with Gasteiger partial charge in [-0.25, -0.2) is 0 Å². The topological polar surface area (TPSA) is 70.6 Å². The van der Waals surface area contributed by atoms with Crippen LogP contribution in [0.4, 0.5) is 0 Å². The van der Waals surface area contributed by atoms with Crippen LogP contribution in [-0.2, 0) is 7.05 Å². The second-order valence-corrected chi connectivity index (χ2v) is 7.09. The summed E-state index contributed by atoms with van der Waals surface area (Å²) in [6, 6.07) is 5.67. The summed E-state index contributed by atoms with van der Waals surface area (Å²) in [4.78, 5) is 17.5. The number of carbonyl (C=O) groups excluding carboxylic acids is 1. The van der Waals surface area contributed by atoms with Gasteiger partial charge in [0, 0.05) is 31.4 Å². The average molecular weight is 358 g/mol. The van der Waals surface area contributed by atoms with Crippen molar-refractivity contribution in [1.82, 2.24) is 14.3 Å². The van der Waals surface area contributed by atoms with E-state index in [-0.39, 0.29) is 11.9 Å². The van der Waals surface area contributed by atoms with Crippen molar-refractivity contribution >= 4 is 27.5 Å². The molecule has 3 aromatic rings. The number of benzene rings is 1.